The van der Waals surface area contributed by atoms with Crippen LogP contribution in [-0.2, 0) is 17.9 Å². The smallest absolute Gasteiger partial charge is 0.269 e. The lowest BCUT2D eigenvalue weighted by Crippen LogP contribution is -2.34. The van der Waals surface area contributed by atoms with Gasteiger partial charge in [-0.2, -0.15) is 5.26 Å². The molecule has 1 amide bonds. The molecule has 2 rings (SSSR count). The highest BCUT2D eigenvalue weighted by atomic mass is 35.5. The number of carbonyl (C=O) groups is 1. The van der Waals surface area contributed by atoms with E-state index in [4.69, 9.17) is 16.9 Å². The second-order valence-electron chi connectivity index (χ2n) is 5.21. The summed E-state index contributed by atoms with van der Waals surface area (Å²) in [6.45, 7) is 3.58. The van der Waals surface area contributed by atoms with Crippen molar-refractivity contribution in [3.05, 3.63) is 68.1 Å². The monoisotopic (exact) mass is 329 g/mol. The molecule has 0 aliphatic rings. The first-order valence-corrected chi connectivity index (χ1v) is 7.43. The number of amides is 1. The molecular weight excluding hydrogens is 314 g/mol. The summed E-state index contributed by atoms with van der Waals surface area (Å²) >= 11 is 6.03. The first-order valence-electron chi connectivity index (χ1n) is 7.05. The highest BCUT2D eigenvalue weighted by Gasteiger charge is 2.13. The zero-order valence-electron chi connectivity index (χ0n) is 12.9. The molecule has 0 aliphatic heterocycles. The minimum Gasteiger partial charge on any atom is -0.350 e. The number of benzene rings is 1. The first kappa shape index (κ1) is 16.8. The molecular formula is C17H16ClN3O2. The van der Waals surface area contributed by atoms with Gasteiger partial charge in [0.05, 0.1) is 0 Å². The van der Waals surface area contributed by atoms with E-state index in [0.29, 0.717) is 16.3 Å². The average Bonchev–Trinajstić information content (AvgIpc) is 2.51. The lowest BCUT2D eigenvalue weighted by atomic mass is 10.1. The van der Waals surface area contributed by atoms with Gasteiger partial charge in [-0.3, -0.25) is 9.59 Å². The molecule has 6 heteroatoms. The van der Waals surface area contributed by atoms with Crippen LogP contribution in [0.25, 0.3) is 0 Å². The van der Waals surface area contributed by atoms with Crippen LogP contribution >= 0.6 is 11.6 Å². The SMILES string of the molecule is Cc1cc(C)n(CC(=O)NCc2ccccc2Cl)c(=O)c1C#N. The zero-order valence-corrected chi connectivity index (χ0v) is 13.6. The van der Waals surface area contributed by atoms with Crippen molar-refractivity contribution >= 4 is 17.5 Å². The van der Waals surface area contributed by atoms with Crippen molar-refractivity contribution in [1.82, 2.24) is 9.88 Å². The maximum atomic E-state index is 12.2. The van der Waals surface area contributed by atoms with E-state index < -0.39 is 5.56 Å². The molecule has 0 unspecified atom stereocenters. The van der Waals surface area contributed by atoms with Crippen molar-refractivity contribution in [2.24, 2.45) is 0 Å². The first-order chi connectivity index (χ1) is 10.9. The predicted octanol–water partition coefficient (Wildman–Crippen LogP) is 2.31. The Morgan fingerprint density at radius 3 is 2.70 bits per heavy atom. The average molecular weight is 330 g/mol. The van der Waals surface area contributed by atoms with Gasteiger partial charge >= 0.3 is 0 Å². The maximum absolute atomic E-state index is 12.2. The molecule has 118 valence electrons. The third-order valence-corrected chi connectivity index (χ3v) is 3.92. The molecule has 0 saturated heterocycles. The molecule has 0 bridgehead atoms. The number of aryl methyl sites for hydroxylation is 2. The topological polar surface area (TPSA) is 74.9 Å². The number of rotatable bonds is 4. The fraction of sp³-hybridized carbons (Fsp3) is 0.235. The third kappa shape index (κ3) is 3.79. The van der Waals surface area contributed by atoms with E-state index in [2.05, 4.69) is 5.32 Å². The van der Waals surface area contributed by atoms with Crippen LogP contribution in [0.4, 0.5) is 0 Å². The van der Waals surface area contributed by atoms with Gasteiger partial charge in [-0.15, -0.1) is 0 Å². The Labute approximate surface area is 139 Å². The summed E-state index contributed by atoms with van der Waals surface area (Å²) in [6, 6.07) is 10.8. The number of hydrogen-bond donors (Lipinski definition) is 1. The number of halogens is 1. The number of carbonyl (C=O) groups excluding carboxylic acids is 1. The van der Waals surface area contributed by atoms with Gasteiger partial charge in [-0.1, -0.05) is 29.8 Å². The Kier molecular flexibility index (Phi) is 5.20. The van der Waals surface area contributed by atoms with E-state index >= 15 is 0 Å². The molecule has 1 N–H and O–H groups in total. The summed E-state index contributed by atoms with van der Waals surface area (Å²) in [5.41, 5.74) is 1.67. The van der Waals surface area contributed by atoms with E-state index in [1.165, 1.54) is 4.57 Å². The molecule has 23 heavy (non-hydrogen) atoms. The van der Waals surface area contributed by atoms with Crippen molar-refractivity contribution in [1.29, 1.82) is 5.26 Å². The highest BCUT2D eigenvalue weighted by molar-refractivity contribution is 6.31. The standard InChI is InChI=1S/C17H16ClN3O2/c1-11-7-12(2)21(17(23)14(11)8-19)10-16(22)20-9-13-5-3-4-6-15(13)18/h3-7H,9-10H2,1-2H3,(H,20,22). The van der Waals surface area contributed by atoms with E-state index in [0.717, 1.165) is 5.56 Å². The number of nitrogens with one attached hydrogen (secondary N) is 1. The molecule has 2 aromatic rings. The minimum atomic E-state index is -0.446. The van der Waals surface area contributed by atoms with E-state index in [-0.39, 0.29) is 24.6 Å². The van der Waals surface area contributed by atoms with Crippen LogP contribution in [-0.4, -0.2) is 10.5 Å². The Bertz CT molecular complexity index is 850. The largest absolute Gasteiger partial charge is 0.350 e. The summed E-state index contributed by atoms with van der Waals surface area (Å²) in [6.07, 6.45) is 0. The van der Waals surface area contributed by atoms with Crippen molar-refractivity contribution in [3.8, 4) is 6.07 Å². The van der Waals surface area contributed by atoms with Crippen molar-refractivity contribution in [2.75, 3.05) is 0 Å². The van der Waals surface area contributed by atoms with Gasteiger partial charge in [0, 0.05) is 17.3 Å². The molecule has 0 spiro atoms. The van der Waals surface area contributed by atoms with Gasteiger partial charge in [0.25, 0.3) is 5.56 Å². The fourth-order valence-electron chi connectivity index (χ4n) is 2.29. The lowest BCUT2D eigenvalue weighted by Gasteiger charge is -2.12. The van der Waals surface area contributed by atoms with Crippen LogP contribution in [0.15, 0.2) is 35.1 Å². The summed E-state index contributed by atoms with van der Waals surface area (Å²) < 4.78 is 1.30. The zero-order chi connectivity index (χ0) is 17.0. The lowest BCUT2D eigenvalue weighted by molar-refractivity contribution is -0.121. The van der Waals surface area contributed by atoms with Crippen LogP contribution in [0, 0.1) is 25.2 Å². The quantitative estimate of drug-likeness (QED) is 0.935. The van der Waals surface area contributed by atoms with Gasteiger partial charge in [0.2, 0.25) is 5.91 Å². The Morgan fingerprint density at radius 2 is 2.04 bits per heavy atom. The molecule has 0 saturated carbocycles. The normalized spacial score (nSPS) is 10.2. The van der Waals surface area contributed by atoms with Crippen molar-refractivity contribution in [3.63, 3.8) is 0 Å². The van der Waals surface area contributed by atoms with Gasteiger partial charge < -0.3 is 9.88 Å². The number of aromatic nitrogens is 1. The molecule has 1 aromatic heterocycles. The van der Waals surface area contributed by atoms with E-state index in [1.54, 1.807) is 26.0 Å². The third-order valence-electron chi connectivity index (χ3n) is 3.55. The van der Waals surface area contributed by atoms with Gasteiger partial charge in [0.1, 0.15) is 18.2 Å². The van der Waals surface area contributed by atoms with Crippen LogP contribution in [0.5, 0.6) is 0 Å². The molecule has 0 atom stereocenters. The van der Waals surface area contributed by atoms with Gasteiger partial charge in [-0.25, -0.2) is 0 Å². The Hall–Kier alpha value is -2.58. The highest BCUT2D eigenvalue weighted by Crippen LogP contribution is 2.14. The number of nitriles is 1. The van der Waals surface area contributed by atoms with Crippen LogP contribution in [0.3, 0.4) is 0 Å². The minimum absolute atomic E-state index is 0.0644. The molecule has 0 fully saturated rings. The summed E-state index contributed by atoms with van der Waals surface area (Å²) in [5, 5.41) is 12.4. The second-order valence-corrected chi connectivity index (χ2v) is 5.62. The molecule has 5 nitrogen and oxygen atoms in total. The van der Waals surface area contributed by atoms with E-state index in [1.807, 2.05) is 24.3 Å². The van der Waals surface area contributed by atoms with Crippen LogP contribution < -0.4 is 10.9 Å². The van der Waals surface area contributed by atoms with Crippen molar-refractivity contribution < 1.29 is 4.79 Å². The maximum Gasteiger partial charge on any atom is 0.269 e. The summed E-state index contributed by atoms with van der Waals surface area (Å²) in [7, 11) is 0. The number of pyridine rings is 1. The van der Waals surface area contributed by atoms with Gasteiger partial charge in [-0.05, 0) is 37.1 Å². The molecule has 1 heterocycles. The molecule has 0 radical (unpaired) electrons. The second kappa shape index (κ2) is 7.12. The van der Waals surface area contributed by atoms with Crippen LogP contribution in [0.1, 0.15) is 22.4 Å². The summed E-state index contributed by atoms with van der Waals surface area (Å²) in [5.74, 6) is -0.317. The van der Waals surface area contributed by atoms with Crippen LogP contribution in [0.2, 0.25) is 5.02 Å². The molecule has 1 aromatic carbocycles. The Morgan fingerprint density at radius 1 is 1.35 bits per heavy atom. The van der Waals surface area contributed by atoms with Gasteiger partial charge in [0.15, 0.2) is 0 Å². The molecule has 0 aliphatic carbocycles. The van der Waals surface area contributed by atoms with E-state index in [9.17, 15) is 9.59 Å². The van der Waals surface area contributed by atoms with Crippen molar-refractivity contribution in [2.45, 2.75) is 26.9 Å². The Balaban J connectivity index is 2.14. The number of nitrogens with zero attached hydrogens (tertiary/aromatic N) is 2. The summed E-state index contributed by atoms with van der Waals surface area (Å²) in [4.78, 5) is 24.3. The predicted molar refractivity (Wildman–Crippen MR) is 88.2 cm³/mol. The number of hydrogen-bond acceptors (Lipinski definition) is 3. The fourth-order valence-corrected chi connectivity index (χ4v) is 2.50.